The number of imide groups is 1. The molecule has 1 N–H and O–H groups in total. The summed E-state index contributed by atoms with van der Waals surface area (Å²) >= 11 is 6.75. The van der Waals surface area contributed by atoms with Gasteiger partial charge in [-0.3, -0.25) is 14.5 Å². The van der Waals surface area contributed by atoms with Crippen LogP contribution in [0.3, 0.4) is 0 Å². The van der Waals surface area contributed by atoms with Gasteiger partial charge < -0.3 is 18.7 Å². The minimum Gasteiger partial charge on any atom is -0.478 e. The highest BCUT2D eigenvalue weighted by Crippen LogP contribution is 2.35. The van der Waals surface area contributed by atoms with E-state index >= 15 is 0 Å². The Bertz CT molecular complexity index is 1320. The highest BCUT2D eigenvalue weighted by molar-refractivity contribution is 8.18. The summed E-state index contributed by atoms with van der Waals surface area (Å²) in [5, 5.41) is 8.65. The third-order valence-corrected chi connectivity index (χ3v) is 5.84. The molecule has 0 bridgehead atoms. The highest BCUT2D eigenvalue weighted by Gasteiger charge is 2.36. The number of hydrogen-bond acceptors (Lipinski definition) is 8. The van der Waals surface area contributed by atoms with Crippen molar-refractivity contribution in [3.05, 3.63) is 75.2 Å². The summed E-state index contributed by atoms with van der Waals surface area (Å²) in [6.07, 6.45) is 1.43. The second-order valence-electron chi connectivity index (χ2n) is 6.73. The number of carbonyl (C=O) groups excluding carboxylic acids is 3. The van der Waals surface area contributed by atoms with Gasteiger partial charge in [0.15, 0.2) is 0 Å². The maximum Gasteiger partial charge on any atom is 0.373 e. The third kappa shape index (κ3) is 4.57. The molecule has 168 valence electrons. The van der Waals surface area contributed by atoms with Gasteiger partial charge in [-0.15, -0.1) is 0 Å². The highest BCUT2D eigenvalue weighted by atomic mass is 35.5. The van der Waals surface area contributed by atoms with Gasteiger partial charge in [-0.05, 0) is 48.2 Å². The van der Waals surface area contributed by atoms with Crippen LogP contribution in [-0.4, -0.2) is 40.2 Å². The molecule has 9 nitrogen and oxygen atoms in total. The zero-order valence-corrected chi connectivity index (χ0v) is 18.4. The molecule has 0 radical (unpaired) electrons. The predicted molar refractivity (Wildman–Crippen MR) is 118 cm³/mol. The number of benzene rings is 1. The van der Waals surface area contributed by atoms with E-state index in [0.717, 1.165) is 16.7 Å². The zero-order valence-electron chi connectivity index (χ0n) is 16.9. The van der Waals surface area contributed by atoms with E-state index in [1.54, 1.807) is 18.2 Å². The van der Waals surface area contributed by atoms with Gasteiger partial charge in [0.05, 0.1) is 29.1 Å². The second kappa shape index (κ2) is 9.00. The van der Waals surface area contributed by atoms with Gasteiger partial charge in [-0.2, -0.15) is 0 Å². The van der Waals surface area contributed by atoms with Crippen molar-refractivity contribution in [3.63, 3.8) is 0 Å². The van der Waals surface area contributed by atoms with Gasteiger partial charge in [-0.1, -0.05) is 17.7 Å². The number of ether oxygens (including phenoxy) is 1. The van der Waals surface area contributed by atoms with Crippen molar-refractivity contribution in [1.82, 2.24) is 4.90 Å². The molecule has 3 heterocycles. The zero-order chi connectivity index (χ0) is 23.7. The smallest absolute Gasteiger partial charge is 0.373 e. The van der Waals surface area contributed by atoms with Crippen LogP contribution in [0.2, 0.25) is 5.02 Å². The van der Waals surface area contributed by atoms with Gasteiger partial charge in [0.2, 0.25) is 5.76 Å². The van der Waals surface area contributed by atoms with Crippen molar-refractivity contribution in [2.45, 2.75) is 6.54 Å². The summed E-state index contributed by atoms with van der Waals surface area (Å²) < 4.78 is 15.6. The Labute approximate surface area is 195 Å². The lowest BCUT2D eigenvalue weighted by Crippen LogP contribution is -2.27. The predicted octanol–water partition coefficient (Wildman–Crippen LogP) is 4.91. The Morgan fingerprint density at radius 1 is 1.15 bits per heavy atom. The van der Waals surface area contributed by atoms with Crippen LogP contribution in [0.1, 0.15) is 32.4 Å². The number of amides is 2. The number of halogens is 1. The minimum absolute atomic E-state index is 0.0314. The van der Waals surface area contributed by atoms with Gasteiger partial charge in [-0.25, -0.2) is 9.59 Å². The Morgan fingerprint density at radius 3 is 2.64 bits per heavy atom. The van der Waals surface area contributed by atoms with Crippen LogP contribution >= 0.6 is 23.4 Å². The molecule has 0 aliphatic carbocycles. The topological polar surface area (TPSA) is 127 Å². The molecule has 2 amide bonds. The van der Waals surface area contributed by atoms with Crippen LogP contribution in [0.25, 0.3) is 17.4 Å². The van der Waals surface area contributed by atoms with Crippen molar-refractivity contribution < 1.29 is 37.9 Å². The van der Waals surface area contributed by atoms with Crippen molar-refractivity contribution in [3.8, 4) is 11.3 Å². The van der Waals surface area contributed by atoms with Crippen molar-refractivity contribution in [1.29, 1.82) is 0 Å². The van der Waals surface area contributed by atoms with Crippen LogP contribution in [0.5, 0.6) is 0 Å². The normalized spacial score (nSPS) is 14.8. The first-order chi connectivity index (χ1) is 15.8. The molecule has 1 aromatic carbocycles. The van der Waals surface area contributed by atoms with Gasteiger partial charge in [0.1, 0.15) is 17.3 Å². The molecular formula is C22H14ClNO8S. The molecule has 11 heteroatoms. The molecular weight excluding hydrogens is 474 g/mol. The fourth-order valence-corrected chi connectivity index (χ4v) is 4.10. The lowest BCUT2D eigenvalue weighted by Gasteiger charge is -2.09. The number of carbonyl (C=O) groups is 4. The minimum atomic E-state index is -1.14. The van der Waals surface area contributed by atoms with Crippen molar-refractivity contribution in [2.24, 2.45) is 0 Å². The number of carboxylic acid groups (broad SMARTS) is 1. The average molecular weight is 488 g/mol. The Hall–Kier alpha value is -3.76. The maximum absolute atomic E-state index is 12.7. The SMILES string of the molecule is COC(=O)c1ccc(CN2C(=O)S/C(=C/c3ccc(-c4ccc(C(=O)O)c(Cl)c4)o3)C2=O)o1. The first kappa shape index (κ1) is 22.4. The van der Waals surface area contributed by atoms with Crippen LogP contribution in [-0.2, 0) is 16.1 Å². The Morgan fingerprint density at radius 2 is 1.94 bits per heavy atom. The summed E-state index contributed by atoms with van der Waals surface area (Å²) in [5.41, 5.74) is 0.521. The molecule has 4 rings (SSSR count). The van der Waals surface area contributed by atoms with E-state index in [0.29, 0.717) is 17.1 Å². The Kier molecular flexibility index (Phi) is 6.12. The lowest BCUT2D eigenvalue weighted by molar-refractivity contribution is -0.123. The summed E-state index contributed by atoms with van der Waals surface area (Å²) in [5.74, 6) is -1.39. The number of furan rings is 2. The van der Waals surface area contributed by atoms with Gasteiger partial charge >= 0.3 is 11.9 Å². The first-order valence-electron chi connectivity index (χ1n) is 9.32. The average Bonchev–Trinajstić information content (AvgIpc) is 3.50. The second-order valence-corrected chi connectivity index (χ2v) is 8.13. The molecule has 1 fully saturated rings. The standard InChI is InChI=1S/C22H14ClNO8S/c1-30-21(28)17-7-4-13(32-17)10-24-19(25)18(33-22(24)29)9-12-3-6-16(31-12)11-2-5-14(20(26)27)15(23)8-11/h2-9H,10H2,1H3,(H,26,27)/b18-9+. The van der Waals surface area contributed by atoms with Crippen molar-refractivity contribution >= 4 is 52.5 Å². The molecule has 33 heavy (non-hydrogen) atoms. The van der Waals surface area contributed by atoms with E-state index in [2.05, 4.69) is 4.74 Å². The largest absolute Gasteiger partial charge is 0.478 e. The number of hydrogen-bond donors (Lipinski definition) is 1. The Balaban J connectivity index is 1.51. The van der Waals surface area contributed by atoms with Crippen LogP contribution in [0.15, 0.2) is 56.2 Å². The summed E-state index contributed by atoms with van der Waals surface area (Å²) in [4.78, 5) is 48.8. The van der Waals surface area contributed by atoms with Crippen LogP contribution < -0.4 is 0 Å². The number of aromatic carboxylic acids is 1. The number of nitrogens with zero attached hydrogens (tertiary/aromatic N) is 1. The molecule has 2 aromatic heterocycles. The number of rotatable bonds is 6. The quantitative estimate of drug-likeness (QED) is 0.380. The fraction of sp³-hybridized carbons (Fsp3) is 0.0909. The third-order valence-electron chi connectivity index (χ3n) is 4.62. The van der Waals surface area contributed by atoms with Gasteiger partial charge in [0, 0.05) is 11.6 Å². The summed E-state index contributed by atoms with van der Waals surface area (Å²) in [7, 11) is 1.21. The molecule has 1 aliphatic rings. The number of carboxylic acids is 1. The first-order valence-corrected chi connectivity index (χ1v) is 10.5. The number of methoxy groups -OCH3 is 1. The van der Waals surface area contributed by atoms with Gasteiger partial charge in [0.25, 0.3) is 11.1 Å². The van der Waals surface area contributed by atoms with E-state index in [9.17, 15) is 19.2 Å². The van der Waals surface area contributed by atoms with E-state index < -0.39 is 23.1 Å². The number of esters is 1. The fourth-order valence-electron chi connectivity index (χ4n) is 3.02. The molecule has 3 aromatic rings. The number of thioether (sulfide) groups is 1. The van der Waals surface area contributed by atoms with E-state index in [1.807, 2.05) is 0 Å². The lowest BCUT2D eigenvalue weighted by atomic mass is 10.1. The molecule has 1 aliphatic heterocycles. The molecule has 0 spiro atoms. The summed E-state index contributed by atoms with van der Waals surface area (Å²) in [6.45, 7) is -0.142. The van der Waals surface area contributed by atoms with Crippen LogP contribution in [0.4, 0.5) is 4.79 Å². The molecule has 0 atom stereocenters. The molecule has 0 saturated carbocycles. The van der Waals surface area contributed by atoms with E-state index in [1.165, 1.54) is 37.5 Å². The molecule has 0 unspecified atom stereocenters. The van der Waals surface area contributed by atoms with E-state index in [-0.39, 0.29) is 33.6 Å². The van der Waals surface area contributed by atoms with Crippen molar-refractivity contribution in [2.75, 3.05) is 7.11 Å². The maximum atomic E-state index is 12.7. The van der Waals surface area contributed by atoms with E-state index in [4.69, 9.17) is 25.5 Å². The monoisotopic (exact) mass is 487 g/mol. The molecule has 1 saturated heterocycles. The summed E-state index contributed by atoms with van der Waals surface area (Å²) in [6, 6.07) is 10.5. The van der Waals surface area contributed by atoms with Crippen LogP contribution in [0, 0.1) is 0 Å².